The Morgan fingerprint density at radius 1 is 0.867 bits per heavy atom. The van der Waals surface area contributed by atoms with Crippen LogP contribution in [0.1, 0.15) is 58.8 Å². The number of benzene rings is 1. The molecule has 0 atom stereocenters. The second kappa shape index (κ2) is 10.6. The number of hydrazine groups is 1. The summed E-state index contributed by atoms with van der Waals surface area (Å²) in [6, 6.07) is 4.71. The highest BCUT2D eigenvalue weighted by atomic mass is 16.6. The zero-order valence-corrected chi connectivity index (χ0v) is 18.6. The molecule has 30 heavy (non-hydrogen) atoms. The fourth-order valence-electron chi connectivity index (χ4n) is 2.09. The van der Waals surface area contributed by atoms with Crippen LogP contribution in [0.2, 0.25) is 0 Å². The minimum atomic E-state index is -0.676. The van der Waals surface area contributed by atoms with Crippen molar-refractivity contribution in [2.75, 3.05) is 24.0 Å². The fourth-order valence-corrected chi connectivity index (χ4v) is 2.09. The van der Waals surface area contributed by atoms with Gasteiger partial charge in [0.05, 0.1) is 24.5 Å². The average molecular weight is 424 g/mol. The van der Waals surface area contributed by atoms with E-state index in [-0.39, 0.29) is 18.8 Å². The molecule has 2 amide bonds. The summed E-state index contributed by atoms with van der Waals surface area (Å²) in [6.45, 7) is 12.5. The SMILES string of the molecule is CCOC(=O)c1cc(NCNC(=O)OC(C)(C)C)cc(NNC(=O)OC(C)(C)C)c1. The van der Waals surface area contributed by atoms with Crippen molar-refractivity contribution in [3.63, 3.8) is 0 Å². The van der Waals surface area contributed by atoms with Gasteiger partial charge in [-0.05, 0) is 66.7 Å². The van der Waals surface area contributed by atoms with Crippen LogP contribution in [0, 0.1) is 0 Å². The third-order valence-corrected chi connectivity index (χ3v) is 3.08. The van der Waals surface area contributed by atoms with E-state index in [4.69, 9.17) is 14.2 Å². The van der Waals surface area contributed by atoms with E-state index < -0.39 is 29.4 Å². The first kappa shape index (κ1) is 24.9. The Morgan fingerprint density at radius 3 is 2.00 bits per heavy atom. The van der Waals surface area contributed by atoms with Crippen molar-refractivity contribution in [3.8, 4) is 0 Å². The molecule has 0 fully saturated rings. The highest BCUT2D eigenvalue weighted by Crippen LogP contribution is 2.19. The highest BCUT2D eigenvalue weighted by molar-refractivity contribution is 5.92. The number of nitrogens with one attached hydrogen (secondary N) is 4. The number of carbonyl (C=O) groups is 3. The molecule has 1 aromatic rings. The Bertz CT molecular complexity index is 753. The first-order chi connectivity index (χ1) is 13.8. The smallest absolute Gasteiger partial charge is 0.426 e. The van der Waals surface area contributed by atoms with E-state index in [9.17, 15) is 14.4 Å². The molecule has 4 N–H and O–H groups in total. The van der Waals surface area contributed by atoms with Crippen LogP contribution in [0.3, 0.4) is 0 Å². The maximum Gasteiger partial charge on any atom is 0.426 e. The number of hydrogen-bond donors (Lipinski definition) is 4. The van der Waals surface area contributed by atoms with Crippen molar-refractivity contribution in [2.24, 2.45) is 0 Å². The Balaban J connectivity index is 2.83. The summed E-state index contributed by atoms with van der Waals surface area (Å²) >= 11 is 0. The number of carbonyl (C=O) groups excluding carboxylic acids is 3. The van der Waals surface area contributed by atoms with Gasteiger partial charge in [0.25, 0.3) is 0 Å². The Labute approximate surface area is 177 Å². The molecule has 0 aliphatic rings. The molecule has 168 valence electrons. The van der Waals surface area contributed by atoms with Gasteiger partial charge in [0.2, 0.25) is 0 Å². The van der Waals surface area contributed by atoms with Crippen molar-refractivity contribution in [1.29, 1.82) is 0 Å². The van der Waals surface area contributed by atoms with Gasteiger partial charge < -0.3 is 24.8 Å². The number of ether oxygens (including phenoxy) is 3. The third kappa shape index (κ3) is 10.4. The van der Waals surface area contributed by atoms with Gasteiger partial charge in [-0.25, -0.2) is 19.8 Å². The number of anilines is 2. The van der Waals surface area contributed by atoms with E-state index in [1.54, 1.807) is 60.6 Å². The zero-order valence-electron chi connectivity index (χ0n) is 18.6. The number of hydrogen-bond acceptors (Lipinski definition) is 8. The lowest BCUT2D eigenvalue weighted by molar-refractivity contribution is 0.0517. The molecule has 1 rings (SSSR count). The summed E-state index contributed by atoms with van der Waals surface area (Å²) in [6.07, 6.45) is -1.26. The molecule has 0 spiro atoms. The minimum absolute atomic E-state index is 0.0557. The monoisotopic (exact) mass is 424 g/mol. The van der Waals surface area contributed by atoms with Crippen LogP contribution in [-0.2, 0) is 14.2 Å². The molecular weight excluding hydrogens is 392 g/mol. The lowest BCUT2D eigenvalue weighted by atomic mass is 10.1. The highest BCUT2D eigenvalue weighted by Gasteiger charge is 2.17. The molecule has 1 aromatic carbocycles. The predicted octanol–water partition coefficient (Wildman–Crippen LogP) is 3.61. The predicted molar refractivity (Wildman–Crippen MR) is 113 cm³/mol. The molecule has 0 bridgehead atoms. The zero-order chi connectivity index (χ0) is 22.9. The molecule has 0 unspecified atom stereocenters. The quantitative estimate of drug-likeness (QED) is 0.226. The van der Waals surface area contributed by atoms with Gasteiger partial charge in [-0.3, -0.25) is 5.43 Å². The summed E-state index contributed by atoms with van der Waals surface area (Å²) in [5, 5.41) is 5.52. The van der Waals surface area contributed by atoms with E-state index in [1.165, 1.54) is 6.07 Å². The lowest BCUT2D eigenvalue weighted by Gasteiger charge is -2.21. The molecule has 0 radical (unpaired) electrons. The first-order valence-electron chi connectivity index (χ1n) is 9.57. The number of rotatable bonds is 7. The van der Waals surface area contributed by atoms with E-state index in [2.05, 4.69) is 21.5 Å². The largest absolute Gasteiger partial charge is 0.462 e. The maximum atomic E-state index is 12.1. The summed E-state index contributed by atoms with van der Waals surface area (Å²) in [5.41, 5.74) is 4.99. The molecule has 0 aliphatic heterocycles. The Kier molecular flexibility index (Phi) is 8.75. The van der Waals surface area contributed by atoms with Crippen LogP contribution in [0.15, 0.2) is 18.2 Å². The van der Waals surface area contributed by atoms with E-state index in [0.717, 1.165) is 0 Å². The van der Waals surface area contributed by atoms with Crippen molar-refractivity contribution in [1.82, 2.24) is 10.7 Å². The van der Waals surface area contributed by atoms with Gasteiger partial charge in [0.15, 0.2) is 0 Å². The molecule has 10 heteroatoms. The Hall–Kier alpha value is -3.17. The van der Waals surface area contributed by atoms with E-state index >= 15 is 0 Å². The van der Waals surface area contributed by atoms with Gasteiger partial charge in [-0.15, -0.1) is 0 Å². The van der Waals surface area contributed by atoms with Gasteiger partial charge >= 0.3 is 18.2 Å². The fraction of sp³-hybridized carbons (Fsp3) is 0.550. The van der Waals surface area contributed by atoms with Crippen LogP contribution in [0.4, 0.5) is 21.0 Å². The summed E-state index contributed by atoms with van der Waals surface area (Å²) in [4.78, 5) is 35.7. The average Bonchev–Trinajstić information content (AvgIpc) is 2.57. The molecule has 0 saturated heterocycles. The topological polar surface area (TPSA) is 127 Å². The molecular formula is C20H32N4O6. The molecule has 0 aromatic heterocycles. The maximum absolute atomic E-state index is 12.1. The van der Waals surface area contributed by atoms with Crippen LogP contribution < -0.4 is 21.5 Å². The van der Waals surface area contributed by atoms with Crippen LogP contribution in [-0.4, -0.2) is 42.6 Å². The molecule has 10 nitrogen and oxygen atoms in total. The number of amides is 2. The standard InChI is InChI=1S/C20H32N4O6/c1-8-28-16(25)13-9-14(21-12-22-17(26)29-19(2,3)4)11-15(10-13)23-24-18(27)30-20(5,6)7/h9-11,21,23H,8,12H2,1-7H3,(H,22,26)(H,24,27). The van der Waals surface area contributed by atoms with Crippen molar-refractivity contribution >= 4 is 29.5 Å². The van der Waals surface area contributed by atoms with E-state index in [0.29, 0.717) is 11.4 Å². The van der Waals surface area contributed by atoms with Crippen LogP contribution in [0.25, 0.3) is 0 Å². The van der Waals surface area contributed by atoms with Crippen LogP contribution >= 0.6 is 0 Å². The summed E-state index contributed by atoms with van der Waals surface area (Å²) in [5.74, 6) is -0.526. The van der Waals surface area contributed by atoms with Gasteiger partial charge in [-0.2, -0.15) is 0 Å². The Morgan fingerprint density at radius 2 is 1.43 bits per heavy atom. The first-order valence-corrected chi connectivity index (χ1v) is 9.57. The summed E-state index contributed by atoms with van der Waals surface area (Å²) in [7, 11) is 0. The second-order valence-electron chi connectivity index (χ2n) is 8.30. The summed E-state index contributed by atoms with van der Waals surface area (Å²) < 4.78 is 15.3. The third-order valence-electron chi connectivity index (χ3n) is 3.08. The number of esters is 1. The minimum Gasteiger partial charge on any atom is -0.462 e. The van der Waals surface area contributed by atoms with Gasteiger partial charge in [0, 0.05) is 5.69 Å². The van der Waals surface area contributed by atoms with Crippen molar-refractivity contribution in [2.45, 2.75) is 59.7 Å². The molecule has 0 heterocycles. The van der Waals surface area contributed by atoms with E-state index in [1.807, 2.05) is 0 Å². The lowest BCUT2D eigenvalue weighted by Crippen LogP contribution is -2.36. The molecule has 0 aliphatic carbocycles. The normalized spacial score (nSPS) is 11.2. The van der Waals surface area contributed by atoms with Crippen molar-refractivity contribution < 1.29 is 28.6 Å². The number of alkyl carbamates (subject to hydrolysis) is 1. The second-order valence-corrected chi connectivity index (χ2v) is 8.30. The van der Waals surface area contributed by atoms with Gasteiger partial charge in [0.1, 0.15) is 11.2 Å². The van der Waals surface area contributed by atoms with Crippen LogP contribution in [0.5, 0.6) is 0 Å². The van der Waals surface area contributed by atoms with Crippen molar-refractivity contribution in [3.05, 3.63) is 23.8 Å². The van der Waals surface area contributed by atoms with Gasteiger partial charge in [-0.1, -0.05) is 0 Å². The molecule has 0 saturated carbocycles.